The molecule has 2 aromatic rings. The Balaban J connectivity index is 2.16. The quantitative estimate of drug-likeness (QED) is 0.794. The average molecular weight is 221 g/mol. The van der Waals surface area contributed by atoms with Gasteiger partial charge in [0.15, 0.2) is 0 Å². The molecule has 0 bridgehead atoms. The number of aryl methyl sites for hydroxylation is 1. The largest absolute Gasteiger partial charge is 0.373 e. The van der Waals surface area contributed by atoms with Crippen molar-refractivity contribution >= 4 is 17.6 Å². The molecule has 0 aliphatic rings. The maximum atomic E-state index is 4.17. The monoisotopic (exact) mass is 221 g/mol. The van der Waals surface area contributed by atoms with Crippen LogP contribution in [0.4, 0.5) is 5.82 Å². The summed E-state index contributed by atoms with van der Waals surface area (Å²) in [6, 6.07) is 1.90. The van der Waals surface area contributed by atoms with Crippen molar-refractivity contribution in [2.24, 2.45) is 7.05 Å². The van der Waals surface area contributed by atoms with Gasteiger partial charge in [-0.15, -0.1) is 0 Å². The van der Waals surface area contributed by atoms with Gasteiger partial charge in [0.1, 0.15) is 17.2 Å². The maximum Gasteiger partial charge on any atom is 0.130 e. The van der Waals surface area contributed by atoms with Gasteiger partial charge >= 0.3 is 0 Å². The SMILES string of the molecule is CNc1cc(Sc2cnn(C)c2)ncn1. The summed E-state index contributed by atoms with van der Waals surface area (Å²) in [6.07, 6.45) is 5.31. The molecule has 0 aliphatic heterocycles. The molecule has 6 heteroatoms. The highest BCUT2D eigenvalue weighted by Crippen LogP contribution is 2.25. The molecule has 0 saturated heterocycles. The van der Waals surface area contributed by atoms with Crippen LogP contribution in [0.3, 0.4) is 0 Å². The molecule has 2 rings (SSSR count). The molecular formula is C9H11N5S. The molecule has 0 aromatic carbocycles. The van der Waals surface area contributed by atoms with Gasteiger partial charge in [-0.2, -0.15) is 5.10 Å². The maximum absolute atomic E-state index is 4.17. The summed E-state index contributed by atoms with van der Waals surface area (Å²) >= 11 is 1.56. The molecule has 15 heavy (non-hydrogen) atoms. The smallest absolute Gasteiger partial charge is 0.130 e. The van der Waals surface area contributed by atoms with Crippen LogP contribution < -0.4 is 5.32 Å². The van der Waals surface area contributed by atoms with E-state index in [1.165, 1.54) is 0 Å². The van der Waals surface area contributed by atoms with Gasteiger partial charge in [0, 0.05) is 26.4 Å². The summed E-state index contributed by atoms with van der Waals surface area (Å²) in [5, 5.41) is 7.97. The van der Waals surface area contributed by atoms with Crippen LogP contribution in [0.15, 0.2) is 34.7 Å². The Bertz CT molecular complexity index is 453. The van der Waals surface area contributed by atoms with E-state index in [0.717, 1.165) is 15.7 Å². The molecule has 0 spiro atoms. The summed E-state index contributed by atoms with van der Waals surface area (Å²) in [4.78, 5) is 9.28. The number of anilines is 1. The Labute approximate surface area is 91.9 Å². The van der Waals surface area contributed by atoms with Crippen molar-refractivity contribution in [1.82, 2.24) is 19.7 Å². The Kier molecular flexibility index (Phi) is 2.86. The first-order valence-electron chi connectivity index (χ1n) is 4.44. The molecule has 0 amide bonds. The minimum Gasteiger partial charge on any atom is -0.373 e. The molecule has 2 heterocycles. The normalized spacial score (nSPS) is 10.3. The van der Waals surface area contributed by atoms with Crippen LogP contribution in [-0.4, -0.2) is 26.8 Å². The zero-order valence-corrected chi connectivity index (χ0v) is 9.32. The first-order valence-corrected chi connectivity index (χ1v) is 5.26. The van der Waals surface area contributed by atoms with Crippen LogP contribution in [0.2, 0.25) is 0 Å². The lowest BCUT2D eigenvalue weighted by atomic mass is 10.6. The third-order valence-electron chi connectivity index (χ3n) is 1.80. The lowest BCUT2D eigenvalue weighted by Crippen LogP contribution is -1.92. The fourth-order valence-electron chi connectivity index (χ4n) is 1.10. The first-order chi connectivity index (χ1) is 7.28. The van der Waals surface area contributed by atoms with Gasteiger partial charge in [-0.1, -0.05) is 11.8 Å². The van der Waals surface area contributed by atoms with Crippen LogP contribution in [0.1, 0.15) is 0 Å². The van der Waals surface area contributed by atoms with Gasteiger partial charge in [0.25, 0.3) is 0 Å². The highest BCUT2D eigenvalue weighted by molar-refractivity contribution is 7.99. The third kappa shape index (κ3) is 2.47. The van der Waals surface area contributed by atoms with Gasteiger partial charge in [0.05, 0.1) is 11.1 Å². The molecule has 2 aromatic heterocycles. The molecular weight excluding hydrogens is 210 g/mol. The van der Waals surface area contributed by atoms with Crippen LogP contribution >= 0.6 is 11.8 Å². The number of nitrogens with zero attached hydrogens (tertiary/aromatic N) is 4. The van der Waals surface area contributed by atoms with E-state index in [9.17, 15) is 0 Å². The molecule has 0 radical (unpaired) electrons. The topological polar surface area (TPSA) is 55.6 Å². The van der Waals surface area contributed by atoms with E-state index < -0.39 is 0 Å². The highest BCUT2D eigenvalue weighted by atomic mass is 32.2. The lowest BCUT2D eigenvalue weighted by molar-refractivity contribution is 0.766. The summed E-state index contributed by atoms with van der Waals surface area (Å²) < 4.78 is 1.77. The van der Waals surface area contributed by atoms with Crippen LogP contribution in [0, 0.1) is 0 Å². The molecule has 0 aliphatic carbocycles. The molecule has 1 N–H and O–H groups in total. The molecule has 0 atom stereocenters. The Morgan fingerprint density at radius 3 is 2.93 bits per heavy atom. The van der Waals surface area contributed by atoms with Gasteiger partial charge in [0.2, 0.25) is 0 Å². The molecule has 5 nitrogen and oxygen atoms in total. The van der Waals surface area contributed by atoms with Crippen molar-refractivity contribution in [2.45, 2.75) is 9.92 Å². The summed E-state index contributed by atoms with van der Waals surface area (Å²) in [5.74, 6) is 0.816. The number of hydrogen-bond donors (Lipinski definition) is 1. The summed E-state index contributed by atoms with van der Waals surface area (Å²) in [5.41, 5.74) is 0. The van der Waals surface area contributed by atoms with Crippen molar-refractivity contribution in [3.8, 4) is 0 Å². The van der Waals surface area contributed by atoms with E-state index in [0.29, 0.717) is 0 Å². The predicted molar refractivity (Wildman–Crippen MR) is 58.9 cm³/mol. The average Bonchev–Trinajstić information content (AvgIpc) is 2.64. The van der Waals surface area contributed by atoms with Gasteiger partial charge in [-0.3, -0.25) is 4.68 Å². The fourth-order valence-corrected chi connectivity index (χ4v) is 1.92. The predicted octanol–water partition coefficient (Wildman–Crippen LogP) is 1.40. The van der Waals surface area contributed by atoms with Crippen LogP contribution in [0.25, 0.3) is 0 Å². The van der Waals surface area contributed by atoms with Gasteiger partial charge < -0.3 is 5.32 Å². The second-order valence-electron chi connectivity index (χ2n) is 2.94. The van der Waals surface area contributed by atoms with E-state index in [1.54, 1.807) is 22.8 Å². The summed E-state index contributed by atoms with van der Waals surface area (Å²) in [6.45, 7) is 0. The van der Waals surface area contributed by atoms with Gasteiger partial charge in [-0.25, -0.2) is 9.97 Å². The number of nitrogens with one attached hydrogen (secondary N) is 1. The fraction of sp³-hybridized carbons (Fsp3) is 0.222. The van der Waals surface area contributed by atoms with E-state index in [1.807, 2.05) is 32.6 Å². The van der Waals surface area contributed by atoms with E-state index in [-0.39, 0.29) is 0 Å². The molecule has 0 unspecified atom stereocenters. The lowest BCUT2D eigenvalue weighted by Gasteiger charge is -2.00. The number of aromatic nitrogens is 4. The zero-order valence-electron chi connectivity index (χ0n) is 8.51. The molecule has 78 valence electrons. The second-order valence-corrected chi connectivity index (χ2v) is 4.04. The van der Waals surface area contributed by atoms with Gasteiger partial charge in [-0.05, 0) is 0 Å². The summed E-state index contributed by atoms with van der Waals surface area (Å²) in [7, 11) is 3.73. The Hall–Kier alpha value is -1.56. The third-order valence-corrected chi connectivity index (χ3v) is 2.68. The minimum atomic E-state index is 0.816. The standard InChI is InChI=1S/C9H11N5S/c1-10-8-3-9(12-6-11-8)15-7-4-13-14(2)5-7/h3-6H,1-2H3,(H,10,11,12). The van der Waals surface area contributed by atoms with Crippen molar-refractivity contribution in [3.05, 3.63) is 24.8 Å². The first kappa shape index (κ1) is 9.97. The Morgan fingerprint density at radius 1 is 1.40 bits per heavy atom. The van der Waals surface area contributed by atoms with Crippen molar-refractivity contribution in [3.63, 3.8) is 0 Å². The van der Waals surface area contributed by atoms with Crippen molar-refractivity contribution in [1.29, 1.82) is 0 Å². The van der Waals surface area contributed by atoms with E-state index in [2.05, 4.69) is 20.4 Å². The molecule has 0 saturated carbocycles. The Morgan fingerprint density at radius 2 is 2.27 bits per heavy atom. The minimum absolute atomic E-state index is 0.816. The van der Waals surface area contributed by atoms with Crippen molar-refractivity contribution in [2.75, 3.05) is 12.4 Å². The molecule has 0 fully saturated rings. The van der Waals surface area contributed by atoms with E-state index >= 15 is 0 Å². The van der Waals surface area contributed by atoms with E-state index in [4.69, 9.17) is 0 Å². The van der Waals surface area contributed by atoms with Crippen LogP contribution in [0.5, 0.6) is 0 Å². The second kappa shape index (κ2) is 4.31. The van der Waals surface area contributed by atoms with Crippen LogP contribution in [-0.2, 0) is 7.05 Å². The highest BCUT2D eigenvalue weighted by Gasteiger charge is 2.02. The van der Waals surface area contributed by atoms with Crippen molar-refractivity contribution < 1.29 is 0 Å². The zero-order chi connectivity index (χ0) is 10.7. The number of rotatable bonds is 3. The number of hydrogen-bond acceptors (Lipinski definition) is 5.